The van der Waals surface area contributed by atoms with E-state index in [0.717, 1.165) is 24.9 Å². The SMILES string of the molecule is [B]C(O)(CCNC(C)CCC1C(CC)c2cccc3c2N1CC(=O)N3)Oc1ccc(F)cc1. The maximum absolute atomic E-state index is 13.0. The third-order valence-electron chi connectivity index (χ3n) is 6.63. The normalized spacial score (nSPS) is 21.8. The number of anilines is 2. The van der Waals surface area contributed by atoms with Crippen molar-refractivity contribution in [1.82, 2.24) is 5.32 Å². The van der Waals surface area contributed by atoms with Gasteiger partial charge in [0, 0.05) is 31.0 Å². The largest absolute Gasteiger partial charge is 0.472 e. The molecule has 8 heteroatoms. The van der Waals surface area contributed by atoms with Gasteiger partial charge in [0.25, 0.3) is 0 Å². The molecule has 4 rings (SSSR count). The number of carbonyl (C=O) groups excluding carboxylic acids is 1. The zero-order chi connectivity index (χ0) is 23.6. The molecule has 4 atom stereocenters. The van der Waals surface area contributed by atoms with E-state index < -0.39 is 5.69 Å². The summed E-state index contributed by atoms with van der Waals surface area (Å²) in [6.07, 6.45) is 3.07. The van der Waals surface area contributed by atoms with Gasteiger partial charge in [0.15, 0.2) is 13.5 Å². The second-order valence-electron chi connectivity index (χ2n) is 9.08. The molecule has 0 bridgehead atoms. The van der Waals surface area contributed by atoms with Crippen molar-refractivity contribution >= 4 is 25.1 Å². The second-order valence-corrected chi connectivity index (χ2v) is 9.08. The van der Waals surface area contributed by atoms with Crippen LogP contribution >= 0.6 is 0 Å². The van der Waals surface area contributed by atoms with Crippen LogP contribution in [0.5, 0.6) is 5.75 Å². The Hall–Kier alpha value is -2.58. The van der Waals surface area contributed by atoms with Crippen LogP contribution in [0.3, 0.4) is 0 Å². The lowest BCUT2D eigenvalue weighted by atomic mass is 9.89. The van der Waals surface area contributed by atoms with Crippen LogP contribution < -0.4 is 20.3 Å². The van der Waals surface area contributed by atoms with E-state index in [0.29, 0.717) is 24.8 Å². The van der Waals surface area contributed by atoms with Gasteiger partial charge in [-0.1, -0.05) is 19.1 Å². The molecular weight excluding hydrogens is 420 g/mol. The monoisotopic (exact) mass is 451 g/mol. The molecule has 1 amide bonds. The minimum atomic E-state index is -1.84. The molecule has 2 aliphatic rings. The lowest BCUT2D eigenvalue weighted by molar-refractivity contribution is -0.115. The third-order valence-corrected chi connectivity index (χ3v) is 6.63. The Morgan fingerprint density at radius 3 is 2.82 bits per heavy atom. The van der Waals surface area contributed by atoms with E-state index in [1.165, 1.54) is 35.5 Å². The van der Waals surface area contributed by atoms with E-state index in [-0.39, 0.29) is 30.2 Å². The predicted molar refractivity (Wildman–Crippen MR) is 128 cm³/mol. The Morgan fingerprint density at radius 1 is 1.33 bits per heavy atom. The first-order valence-corrected chi connectivity index (χ1v) is 11.7. The number of benzene rings is 2. The van der Waals surface area contributed by atoms with Crippen molar-refractivity contribution in [3.05, 3.63) is 53.8 Å². The molecular formula is C25H31BFN3O3. The summed E-state index contributed by atoms with van der Waals surface area (Å²) in [6, 6.07) is 12.0. The van der Waals surface area contributed by atoms with Crippen molar-refractivity contribution in [2.24, 2.45) is 0 Å². The molecule has 2 aromatic rings. The molecule has 2 heterocycles. The van der Waals surface area contributed by atoms with Crippen molar-refractivity contribution < 1.29 is 19.0 Å². The molecule has 33 heavy (non-hydrogen) atoms. The van der Waals surface area contributed by atoms with Crippen LogP contribution in [-0.2, 0) is 4.79 Å². The first-order chi connectivity index (χ1) is 15.8. The Labute approximate surface area is 195 Å². The van der Waals surface area contributed by atoms with E-state index in [1.54, 1.807) is 0 Å². The van der Waals surface area contributed by atoms with E-state index >= 15 is 0 Å². The van der Waals surface area contributed by atoms with Gasteiger partial charge < -0.3 is 25.4 Å². The molecule has 3 N–H and O–H groups in total. The van der Waals surface area contributed by atoms with E-state index in [9.17, 15) is 14.3 Å². The molecule has 0 saturated heterocycles. The van der Waals surface area contributed by atoms with Gasteiger partial charge in [-0.15, -0.1) is 0 Å². The summed E-state index contributed by atoms with van der Waals surface area (Å²) in [4.78, 5) is 14.5. The molecule has 2 aliphatic heterocycles. The van der Waals surface area contributed by atoms with Gasteiger partial charge in [-0.05, 0) is 62.1 Å². The average Bonchev–Trinajstić information content (AvgIpc) is 3.07. The zero-order valence-electron chi connectivity index (χ0n) is 19.2. The highest BCUT2D eigenvalue weighted by Crippen LogP contribution is 2.49. The topological polar surface area (TPSA) is 73.8 Å². The molecule has 0 aliphatic carbocycles. The van der Waals surface area contributed by atoms with Crippen LogP contribution in [0.25, 0.3) is 0 Å². The number of carbonyl (C=O) groups is 1. The summed E-state index contributed by atoms with van der Waals surface area (Å²) in [6.45, 7) is 5.17. The number of aliphatic hydroxyl groups is 1. The number of nitrogens with zero attached hydrogens (tertiary/aromatic N) is 1. The van der Waals surface area contributed by atoms with Gasteiger partial charge in [0.05, 0.1) is 17.9 Å². The van der Waals surface area contributed by atoms with Gasteiger partial charge in [-0.25, -0.2) is 4.39 Å². The standard InChI is InChI=1S/C25H31BFN3O3/c1-3-19-20-5-4-6-21-24(20)30(15-23(31)29-21)22(19)12-7-16(2)28-14-13-25(26,32)33-18-10-8-17(27)9-11-18/h4-6,8-11,16,19,22,28,32H,3,7,12-15H2,1-2H3,(H,29,31). The lowest BCUT2D eigenvalue weighted by Crippen LogP contribution is -2.44. The van der Waals surface area contributed by atoms with Crippen molar-refractivity contribution in [2.45, 2.75) is 63.2 Å². The van der Waals surface area contributed by atoms with E-state index in [2.05, 4.69) is 35.4 Å². The van der Waals surface area contributed by atoms with Crippen molar-refractivity contribution in [3.63, 3.8) is 0 Å². The molecule has 0 spiro atoms. The molecule has 0 aromatic heterocycles. The van der Waals surface area contributed by atoms with Gasteiger partial charge in [-0.2, -0.15) is 0 Å². The fraction of sp³-hybridized carbons (Fsp3) is 0.480. The lowest BCUT2D eigenvalue weighted by Gasteiger charge is -2.34. The first kappa shape index (κ1) is 23.6. The first-order valence-electron chi connectivity index (χ1n) is 11.7. The number of halogens is 1. The fourth-order valence-electron chi connectivity index (χ4n) is 5.04. The molecule has 2 radical (unpaired) electrons. The molecule has 2 aromatic carbocycles. The van der Waals surface area contributed by atoms with Gasteiger partial charge in [-0.3, -0.25) is 4.79 Å². The highest BCUT2D eigenvalue weighted by atomic mass is 19.1. The smallest absolute Gasteiger partial charge is 0.243 e. The summed E-state index contributed by atoms with van der Waals surface area (Å²) in [5, 5.41) is 16.7. The molecule has 4 unspecified atom stereocenters. The van der Waals surface area contributed by atoms with E-state index in [1.807, 2.05) is 12.1 Å². The van der Waals surface area contributed by atoms with Crippen LogP contribution in [0, 0.1) is 5.82 Å². The number of hydrogen-bond acceptors (Lipinski definition) is 5. The third kappa shape index (κ3) is 5.33. The summed E-state index contributed by atoms with van der Waals surface area (Å²) in [5.74, 6) is 0.371. The summed E-state index contributed by atoms with van der Waals surface area (Å²) in [5.41, 5.74) is 1.58. The van der Waals surface area contributed by atoms with Crippen LogP contribution in [-0.4, -0.2) is 49.7 Å². The summed E-state index contributed by atoms with van der Waals surface area (Å²) in [7, 11) is 5.86. The Kier molecular flexibility index (Phi) is 6.95. The van der Waals surface area contributed by atoms with Crippen molar-refractivity contribution in [1.29, 1.82) is 0 Å². The highest BCUT2D eigenvalue weighted by molar-refractivity contribution is 6.13. The Morgan fingerprint density at radius 2 is 2.09 bits per heavy atom. The minimum absolute atomic E-state index is 0.0379. The fourth-order valence-corrected chi connectivity index (χ4v) is 5.04. The maximum atomic E-state index is 13.0. The number of nitrogens with one attached hydrogen (secondary N) is 2. The quantitative estimate of drug-likeness (QED) is 0.381. The van der Waals surface area contributed by atoms with Crippen LogP contribution in [0.2, 0.25) is 0 Å². The van der Waals surface area contributed by atoms with Gasteiger partial charge in [0.1, 0.15) is 11.6 Å². The number of hydrogen-bond donors (Lipinski definition) is 3. The molecule has 174 valence electrons. The highest BCUT2D eigenvalue weighted by Gasteiger charge is 2.41. The predicted octanol–water partition coefficient (Wildman–Crippen LogP) is 3.50. The van der Waals surface area contributed by atoms with Crippen LogP contribution in [0.1, 0.15) is 51.0 Å². The van der Waals surface area contributed by atoms with Gasteiger partial charge in [0.2, 0.25) is 5.91 Å². The number of amides is 1. The van der Waals surface area contributed by atoms with Crippen LogP contribution in [0.15, 0.2) is 42.5 Å². The van der Waals surface area contributed by atoms with Crippen molar-refractivity contribution in [2.75, 3.05) is 23.3 Å². The second kappa shape index (κ2) is 9.73. The number of rotatable bonds is 10. The molecule has 0 fully saturated rings. The summed E-state index contributed by atoms with van der Waals surface area (Å²) < 4.78 is 18.4. The molecule has 6 nitrogen and oxygen atoms in total. The van der Waals surface area contributed by atoms with Crippen molar-refractivity contribution in [3.8, 4) is 5.75 Å². The number of ether oxygens (including phenoxy) is 1. The minimum Gasteiger partial charge on any atom is -0.472 e. The molecule has 0 saturated carbocycles. The average molecular weight is 451 g/mol. The Bertz CT molecular complexity index is 985. The van der Waals surface area contributed by atoms with Gasteiger partial charge >= 0.3 is 0 Å². The van der Waals surface area contributed by atoms with Crippen LogP contribution in [0.4, 0.5) is 15.8 Å². The maximum Gasteiger partial charge on any atom is 0.243 e. The van der Waals surface area contributed by atoms with E-state index in [4.69, 9.17) is 12.6 Å². The zero-order valence-corrected chi connectivity index (χ0v) is 19.2. The number of para-hydroxylation sites is 1. The Balaban J connectivity index is 1.29. The summed E-state index contributed by atoms with van der Waals surface area (Å²) >= 11 is 0.